The van der Waals surface area contributed by atoms with E-state index in [1.54, 1.807) is 13.8 Å². The number of aliphatic carboxylic acids is 2. The summed E-state index contributed by atoms with van der Waals surface area (Å²) in [6, 6.07) is 0. The van der Waals surface area contributed by atoms with E-state index in [4.69, 9.17) is 67.8 Å². The third kappa shape index (κ3) is 37.8. The van der Waals surface area contributed by atoms with Crippen molar-refractivity contribution in [3.05, 3.63) is 24.3 Å². The van der Waals surface area contributed by atoms with Gasteiger partial charge in [0.1, 0.15) is 63.1 Å². The van der Waals surface area contributed by atoms with Crippen molar-refractivity contribution in [3.8, 4) is 0 Å². The number of carbonyl (C=O) groups is 8. The number of hydrogen-bond acceptors (Lipinski definition) is 22. The smallest absolute Gasteiger partial charge is 0.478 e. The molecule has 0 aromatic carbocycles. The van der Waals surface area contributed by atoms with Gasteiger partial charge < -0.3 is 77.3 Å². The summed E-state index contributed by atoms with van der Waals surface area (Å²) >= 11 is 0. The minimum Gasteiger partial charge on any atom is -0.478 e. The highest BCUT2D eigenvalue weighted by Crippen LogP contribution is 2.04. The molecule has 8 unspecified atom stereocenters. The summed E-state index contributed by atoms with van der Waals surface area (Å²) in [7, 11) is 0. The number of aliphatic hydroxyl groups is 2. The molecule has 60 heavy (non-hydrogen) atoms. The van der Waals surface area contributed by atoms with Gasteiger partial charge in [0.25, 0.3) is 0 Å². The summed E-state index contributed by atoms with van der Waals surface area (Å²) in [5.74, 6) is -4.47. The van der Waals surface area contributed by atoms with E-state index in [0.29, 0.717) is 24.3 Å². The lowest BCUT2D eigenvalue weighted by Crippen LogP contribution is -2.28. The predicted molar refractivity (Wildman–Crippen MR) is 197 cm³/mol. The zero-order chi connectivity index (χ0) is 46.2. The van der Waals surface area contributed by atoms with Crippen molar-refractivity contribution < 1.29 is 116 Å². The van der Waals surface area contributed by atoms with E-state index in [1.165, 1.54) is 41.5 Å². The fourth-order valence-corrected chi connectivity index (χ4v) is 3.30. The van der Waals surface area contributed by atoms with Gasteiger partial charge in [0, 0.05) is 24.3 Å². The Kier molecular flexibility index (Phi) is 31.1. The molecule has 0 aliphatic carbocycles. The van der Waals surface area contributed by atoms with Crippen molar-refractivity contribution in [2.45, 2.75) is 104 Å². The number of rotatable bonds is 26. The Morgan fingerprint density at radius 3 is 0.833 bits per heavy atom. The van der Waals surface area contributed by atoms with Gasteiger partial charge in [-0.05, 0) is 55.4 Å². The van der Waals surface area contributed by atoms with Crippen LogP contribution in [0.15, 0.2) is 24.3 Å². The molecule has 0 aromatic heterocycles. The molecule has 8 atom stereocenters. The van der Waals surface area contributed by atoms with Crippen molar-refractivity contribution in [2.75, 3.05) is 52.9 Å². The molecule has 0 rings (SSSR count). The number of ether oxygens (including phenoxy) is 12. The minimum absolute atomic E-state index is 0.0702. The van der Waals surface area contributed by atoms with Gasteiger partial charge in [0.05, 0.1) is 38.6 Å². The van der Waals surface area contributed by atoms with Gasteiger partial charge in [-0.15, -0.1) is 0 Å². The summed E-state index contributed by atoms with van der Waals surface area (Å²) in [5.41, 5.74) is 0. The van der Waals surface area contributed by atoms with Crippen LogP contribution in [0, 0.1) is 0 Å². The third-order valence-corrected chi connectivity index (χ3v) is 5.72. The topological polar surface area (TPSA) is 328 Å². The van der Waals surface area contributed by atoms with Crippen LogP contribution in [0.2, 0.25) is 0 Å². The van der Waals surface area contributed by atoms with E-state index in [-0.39, 0.29) is 52.9 Å². The molecule has 0 radical (unpaired) electrons. The first kappa shape index (κ1) is 56.4. The van der Waals surface area contributed by atoms with Crippen LogP contribution in [0.25, 0.3) is 0 Å². The van der Waals surface area contributed by atoms with E-state index >= 15 is 0 Å². The zero-order valence-electron chi connectivity index (χ0n) is 34.5. The number of carboxylic acid groups (broad SMARTS) is 2. The van der Waals surface area contributed by atoms with Crippen LogP contribution in [0.5, 0.6) is 0 Å². The molecule has 0 aliphatic rings. The number of carbonyl (C=O) groups excluding carboxylic acids is 6. The second kappa shape index (κ2) is 33.1. The fourth-order valence-electron chi connectivity index (χ4n) is 3.30. The molecule has 0 bridgehead atoms. The van der Waals surface area contributed by atoms with Gasteiger partial charge in [-0.3, -0.25) is 0 Å². The second-order valence-electron chi connectivity index (χ2n) is 12.6. The van der Waals surface area contributed by atoms with E-state index in [2.05, 4.69) is 9.47 Å². The number of carboxylic acids is 2. The van der Waals surface area contributed by atoms with Crippen molar-refractivity contribution in [1.82, 2.24) is 0 Å². The van der Waals surface area contributed by atoms with Gasteiger partial charge in [0.15, 0.2) is 0 Å². The predicted octanol–water partition coefficient (Wildman–Crippen LogP) is 2.08. The van der Waals surface area contributed by atoms with Crippen LogP contribution in [0.1, 0.15) is 55.4 Å². The summed E-state index contributed by atoms with van der Waals surface area (Å²) in [5, 5.41) is 34.8. The number of aliphatic hydroxyl groups excluding tert-OH is 2. The molecule has 344 valence electrons. The molecule has 0 aliphatic heterocycles. The largest absolute Gasteiger partial charge is 0.508 e. The standard InChI is InChI=1S/C22H30O15.C14H26O9/c1-13(36-21(29)32-11-15(3)34-19(27)7-5-17(23)24)9-31-10-14(2)37-22(30)33-12-16(4)35-20(28)8-6-18(25)26;1-9(15)5-20-13(17)22-11(3)7-19-8-12(4)23-14(18)21-6-10(2)16/h5-8,13-16H,9-12H2,1-4H3,(H,23,24)(H,25,26);9-12,15-16H,5-8H2,1-4H3/b7-5-,8-6-;. The van der Waals surface area contributed by atoms with Gasteiger partial charge in [-0.25, -0.2) is 38.4 Å². The Labute approximate surface area is 345 Å². The maximum absolute atomic E-state index is 11.7. The highest BCUT2D eigenvalue weighted by atomic mass is 16.8. The van der Waals surface area contributed by atoms with Gasteiger partial charge in [-0.2, -0.15) is 0 Å². The van der Waals surface area contributed by atoms with E-state index in [1.807, 2.05) is 0 Å². The quantitative estimate of drug-likeness (QED) is 0.0549. The van der Waals surface area contributed by atoms with Crippen LogP contribution >= 0.6 is 0 Å². The Hall–Kier alpha value is -5.72. The SMILES string of the molecule is CC(COC(=O)OC(C)COCC(C)OC(=O)OCC(C)OC(=O)/C=C\C(=O)O)OC(=O)/C=C\C(=O)O.CC(O)COC(=O)OC(C)COCC(C)OC(=O)OCC(C)O. The third-order valence-electron chi connectivity index (χ3n) is 5.72. The molecule has 0 saturated heterocycles. The Balaban J connectivity index is 0. The first-order chi connectivity index (χ1) is 28.0. The van der Waals surface area contributed by atoms with Gasteiger partial charge >= 0.3 is 48.5 Å². The molecule has 0 saturated carbocycles. The van der Waals surface area contributed by atoms with Crippen molar-refractivity contribution in [2.24, 2.45) is 0 Å². The lowest BCUT2D eigenvalue weighted by atomic mass is 10.4. The molecular formula is C36H56O24. The molecule has 4 N–H and O–H groups in total. The normalized spacial score (nSPS) is 14.8. The van der Waals surface area contributed by atoms with Crippen LogP contribution in [-0.4, -0.2) is 171 Å². The number of hydrogen-bond donors (Lipinski definition) is 4. The zero-order valence-corrected chi connectivity index (χ0v) is 34.5. The maximum Gasteiger partial charge on any atom is 0.508 e. The van der Waals surface area contributed by atoms with Gasteiger partial charge in [-0.1, -0.05) is 0 Å². The van der Waals surface area contributed by atoms with Gasteiger partial charge in [0.2, 0.25) is 0 Å². The average molecular weight is 873 g/mol. The van der Waals surface area contributed by atoms with E-state index in [9.17, 15) is 38.4 Å². The Morgan fingerprint density at radius 2 is 0.600 bits per heavy atom. The van der Waals surface area contributed by atoms with Crippen LogP contribution in [0.4, 0.5) is 19.2 Å². The number of esters is 2. The van der Waals surface area contributed by atoms with Crippen LogP contribution in [0.3, 0.4) is 0 Å². The minimum atomic E-state index is -1.32. The lowest BCUT2D eigenvalue weighted by Gasteiger charge is -2.18. The van der Waals surface area contributed by atoms with Crippen LogP contribution < -0.4 is 0 Å². The molecule has 24 nitrogen and oxygen atoms in total. The summed E-state index contributed by atoms with van der Waals surface area (Å²) in [6.45, 7) is 11.1. The Morgan fingerprint density at radius 1 is 0.367 bits per heavy atom. The molecule has 0 spiro atoms. The van der Waals surface area contributed by atoms with E-state index < -0.39 is 97.3 Å². The van der Waals surface area contributed by atoms with E-state index in [0.717, 1.165) is 0 Å². The summed E-state index contributed by atoms with van der Waals surface area (Å²) < 4.78 is 58.6. The molecule has 0 fully saturated rings. The van der Waals surface area contributed by atoms with Crippen molar-refractivity contribution >= 4 is 48.5 Å². The lowest BCUT2D eigenvalue weighted by molar-refractivity contribution is -0.145. The first-order valence-electron chi connectivity index (χ1n) is 18.1. The fraction of sp³-hybridized carbons (Fsp3) is 0.667. The highest BCUT2D eigenvalue weighted by molar-refractivity contribution is 5.91. The summed E-state index contributed by atoms with van der Waals surface area (Å²) in [4.78, 5) is 89.1. The molecule has 0 amide bonds. The first-order valence-corrected chi connectivity index (χ1v) is 18.1. The van der Waals surface area contributed by atoms with Crippen molar-refractivity contribution in [1.29, 1.82) is 0 Å². The molecular weight excluding hydrogens is 816 g/mol. The van der Waals surface area contributed by atoms with Crippen molar-refractivity contribution in [3.63, 3.8) is 0 Å². The Bertz CT molecular complexity index is 1280. The molecule has 0 heterocycles. The molecule has 24 heteroatoms. The highest BCUT2D eigenvalue weighted by Gasteiger charge is 2.19. The second-order valence-corrected chi connectivity index (χ2v) is 12.6. The summed E-state index contributed by atoms with van der Waals surface area (Å²) in [6.07, 6.45) is -7.12. The average Bonchev–Trinajstić information content (AvgIpc) is 3.13. The molecule has 0 aromatic rings. The maximum atomic E-state index is 11.7. The van der Waals surface area contributed by atoms with Crippen LogP contribution in [-0.2, 0) is 76.0 Å². The monoisotopic (exact) mass is 872 g/mol.